The Hall–Kier alpha value is -1.03. The standard InChI is InChI=1S/C8H12IN5O2/c9-1-2-16-4-14-3-11-5-6(14)12-8(10)13-7(5)15/h11H,1-4H2,(H3,10,12,13,15). The van der Waals surface area contributed by atoms with Crippen molar-refractivity contribution in [3.63, 3.8) is 0 Å². The molecule has 0 fully saturated rings. The number of nitrogen functional groups attached to an aromatic ring is 1. The number of aromatic nitrogens is 2. The summed E-state index contributed by atoms with van der Waals surface area (Å²) < 4.78 is 6.32. The molecule has 0 saturated carbocycles. The van der Waals surface area contributed by atoms with Crippen LogP contribution in [-0.4, -0.2) is 34.4 Å². The van der Waals surface area contributed by atoms with Gasteiger partial charge in [0, 0.05) is 4.43 Å². The first-order valence-corrected chi connectivity index (χ1v) is 6.27. The number of fused-ring (bicyclic) bond motifs is 1. The molecular formula is C8H12IN5O2. The number of rotatable bonds is 4. The van der Waals surface area contributed by atoms with Gasteiger partial charge in [0.15, 0.2) is 5.82 Å². The second kappa shape index (κ2) is 4.87. The molecule has 0 saturated heterocycles. The van der Waals surface area contributed by atoms with E-state index in [9.17, 15) is 4.79 Å². The number of nitrogens with two attached hydrogens (primary N) is 1. The van der Waals surface area contributed by atoms with E-state index in [1.807, 2.05) is 4.90 Å². The molecule has 1 aromatic rings. The zero-order valence-corrected chi connectivity index (χ0v) is 10.7. The van der Waals surface area contributed by atoms with E-state index in [-0.39, 0.29) is 11.5 Å². The summed E-state index contributed by atoms with van der Waals surface area (Å²) >= 11 is 2.23. The molecule has 8 heteroatoms. The Morgan fingerprint density at radius 3 is 3.19 bits per heavy atom. The van der Waals surface area contributed by atoms with Crippen molar-refractivity contribution in [3.8, 4) is 0 Å². The minimum absolute atomic E-state index is 0.117. The molecule has 1 aliphatic rings. The molecular weight excluding hydrogens is 325 g/mol. The molecule has 0 radical (unpaired) electrons. The first-order chi connectivity index (χ1) is 7.72. The van der Waals surface area contributed by atoms with Gasteiger partial charge in [-0.1, -0.05) is 22.6 Å². The molecule has 0 amide bonds. The number of anilines is 3. The lowest BCUT2D eigenvalue weighted by Crippen LogP contribution is -2.27. The SMILES string of the molecule is Nc1nc2c(c(=O)[nH]1)NCN2COCCI. The number of hydrogen-bond donors (Lipinski definition) is 3. The van der Waals surface area contributed by atoms with E-state index in [1.54, 1.807) is 0 Å². The largest absolute Gasteiger partial charge is 0.369 e. The molecule has 0 unspecified atom stereocenters. The molecule has 0 atom stereocenters. The zero-order chi connectivity index (χ0) is 11.5. The maximum atomic E-state index is 11.5. The van der Waals surface area contributed by atoms with E-state index in [0.29, 0.717) is 31.5 Å². The molecule has 4 N–H and O–H groups in total. The Kier molecular flexibility index (Phi) is 3.49. The smallest absolute Gasteiger partial charge is 0.277 e. The molecule has 0 spiro atoms. The third kappa shape index (κ3) is 2.21. The van der Waals surface area contributed by atoms with Crippen molar-refractivity contribution in [1.82, 2.24) is 9.97 Å². The summed E-state index contributed by atoms with van der Waals surface area (Å²) in [7, 11) is 0. The van der Waals surface area contributed by atoms with Crippen LogP contribution in [0.2, 0.25) is 0 Å². The van der Waals surface area contributed by atoms with Gasteiger partial charge >= 0.3 is 0 Å². The van der Waals surface area contributed by atoms with E-state index >= 15 is 0 Å². The summed E-state index contributed by atoms with van der Waals surface area (Å²) in [4.78, 5) is 19.8. The van der Waals surface area contributed by atoms with Gasteiger partial charge in [-0.05, 0) is 0 Å². The van der Waals surface area contributed by atoms with Gasteiger partial charge in [0.05, 0.1) is 13.3 Å². The van der Waals surface area contributed by atoms with E-state index < -0.39 is 0 Å². The van der Waals surface area contributed by atoms with Gasteiger partial charge in [0.25, 0.3) is 5.56 Å². The van der Waals surface area contributed by atoms with Crippen LogP contribution in [0.3, 0.4) is 0 Å². The average Bonchev–Trinajstić information content (AvgIpc) is 2.62. The van der Waals surface area contributed by atoms with E-state index in [4.69, 9.17) is 10.5 Å². The van der Waals surface area contributed by atoms with Crippen LogP contribution in [0.25, 0.3) is 0 Å². The number of ether oxygens (including phenoxy) is 1. The van der Waals surface area contributed by atoms with Crippen LogP contribution in [0.1, 0.15) is 0 Å². The van der Waals surface area contributed by atoms with Crippen molar-refractivity contribution in [3.05, 3.63) is 10.4 Å². The lowest BCUT2D eigenvalue weighted by molar-refractivity contribution is 0.153. The fraction of sp³-hybridized carbons (Fsp3) is 0.500. The first-order valence-electron chi connectivity index (χ1n) is 4.74. The second-order valence-corrected chi connectivity index (χ2v) is 4.33. The van der Waals surface area contributed by atoms with Gasteiger partial charge in [-0.2, -0.15) is 4.98 Å². The van der Waals surface area contributed by atoms with Crippen molar-refractivity contribution in [2.24, 2.45) is 0 Å². The van der Waals surface area contributed by atoms with Crippen LogP contribution in [0, 0.1) is 0 Å². The summed E-state index contributed by atoms with van der Waals surface area (Å²) in [6, 6.07) is 0. The van der Waals surface area contributed by atoms with Gasteiger partial charge < -0.3 is 20.7 Å². The maximum Gasteiger partial charge on any atom is 0.277 e. The molecule has 2 rings (SSSR count). The van der Waals surface area contributed by atoms with Crippen LogP contribution >= 0.6 is 22.6 Å². The van der Waals surface area contributed by atoms with Crippen molar-refractivity contribution in [1.29, 1.82) is 0 Å². The molecule has 2 heterocycles. The lowest BCUT2D eigenvalue weighted by Gasteiger charge is -2.16. The number of hydrogen-bond acceptors (Lipinski definition) is 6. The zero-order valence-electron chi connectivity index (χ0n) is 8.49. The van der Waals surface area contributed by atoms with Gasteiger partial charge in [-0.15, -0.1) is 0 Å². The Bertz CT molecular complexity index is 435. The Morgan fingerprint density at radius 2 is 2.44 bits per heavy atom. The molecule has 1 aliphatic heterocycles. The number of aromatic amines is 1. The summed E-state index contributed by atoms with van der Waals surface area (Å²) in [5.74, 6) is 0.668. The van der Waals surface area contributed by atoms with E-state index in [0.717, 1.165) is 4.43 Å². The van der Waals surface area contributed by atoms with Crippen molar-refractivity contribution < 1.29 is 4.74 Å². The summed E-state index contributed by atoms with van der Waals surface area (Å²) in [5, 5.41) is 2.95. The van der Waals surface area contributed by atoms with Crippen molar-refractivity contribution >= 4 is 40.0 Å². The topological polar surface area (TPSA) is 96.3 Å². The van der Waals surface area contributed by atoms with Crippen LogP contribution in [0.15, 0.2) is 4.79 Å². The highest BCUT2D eigenvalue weighted by atomic mass is 127. The lowest BCUT2D eigenvalue weighted by atomic mass is 10.5. The molecule has 88 valence electrons. The Morgan fingerprint density at radius 1 is 1.62 bits per heavy atom. The molecule has 0 aromatic carbocycles. The van der Waals surface area contributed by atoms with Gasteiger partial charge in [-0.3, -0.25) is 9.78 Å². The van der Waals surface area contributed by atoms with E-state index in [2.05, 4.69) is 37.9 Å². The quantitative estimate of drug-likeness (QED) is 0.405. The highest BCUT2D eigenvalue weighted by molar-refractivity contribution is 14.1. The highest BCUT2D eigenvalue weighted by Crippen LogP contribution is 2.24. The number of halogens is 1. The Balaban J connectivity index is 2.16. The predicted molar refractivity (Wildman–Crippen MR) is 69.9 cm³/mol. The monoisotopic (exact) mass is 337 g/mol. The molecule has 7 nitrogen and oxygen atoms in total. The van der Waals surface area contributed by atoms with Crippen molar-refractivity contribution in [2.75, 3.05) is 40.4 Å². The van der Waals surface area contributed by atoms with Gasteiger partial charge in [0.2, 0.25) is 5.95 Å². The van der Waals surface area contributed by atoms with Gasteiger partial charge in [0.1, 0.15) is 12.4 Å². The molecule has 0 aliphatic carbocycles. The maximum absolute atomic E-state index is 11.5. The molecule has 1 aromatic heterocycles. The Labute approximate surface area is 106 Å². The second-order valence-electron chi connectivity index (χ2n) is 3.25. The third-order valence-corrected chi connectivity index (χ3v) is 2.57. The number of H-pyrrole nitrogens is 1. The van der Waals surface area contributed by atoms with Crippen LogP contribution < -0.4 is 21.5 Å². The minimum Gasteiger partial charge on any atom is -0.369 e. The van der Waals surface area contributed by atoms with Crippen molar-refractivity contribution in [2.45, 2.75) is 0 Å². The fourth-order valence-corrected chi connectivity index (χ4v) is 1.76. The average molecular weight is 337 g/mol. The summed E-state index contributed by atoms with van der Waals surface area (Å²) in [5.41, 5.74) is 5.69. The fourth-order valence-electron chi connectivity index (χ4n) is 1.45. The van der Waals surface area contributed by atoms with Gasteiger partial charge in [-0.25, -0.2) is 0 Å². The normalized spacial score (nSPS) is 13.7. The molecule has 0 bridgehead atoms. The first kappa shape index (κ1) is 11.5. The summed E-state index contributed by atoms with van der Waals surface area (Å²) in [6.45, 7) is 1.58. The number of nitrogens with one attached hydrogen (secondary N) is 2. The minimum atomic E-state index is -0.251. The highest BCUT2D eigenvalue weighted by Gasteiger charge is 2.23. The van der Waals surface area contributed by atoms with E-state index in [1.165, 1.54) is 0 Å². The van der Waals surface area contributed by atoms with Crippen LogP contribution in [0.5, 0.6) is 0 Å². The molecule has 16 heavy (non-hydrogen) atoms. The third-order valence-electron chi connectivity index (χ3n) is 2.13. The predicted octanol–water partition coefficient (Wildman–Crippen LogP) is -0.0494. The number of alkyl halides is 1. The van der Waals surface area contributed by atoms with Crippen LogP contribution in [0.4, 0.5) is 17.5 Å². The summed E-state index contributed by atoms with van der Waals surface area (Å²) in [6.07, 6.45) is 0. The number of nitrogens with zero attached hydrogens (tertiary/aromatic N) is 2. The van der Waals surface area contributed by atoms with Crippen LogP contribution in [-0.2, 0) is 4.74 Å².